The molecule has 2 aromatic carbocycles. The van der Waals surface area contributed by atoms with Gasteiger partial charge >= 0.3 is 0 Å². The number of benzene rings is 2. The summed E-state index contributed by atoms with van der Waals surface area (Å²) in [5.41, 5.74) is 1.43. The summed E-state index contributed by atoms with van der Waals surface area (Å²) in [7, 11) is 0. The van der Waals surface area contributed by atoms with Crippen LogP contribution in [0.2, 0.25) is 1.41 Å². The summed E-state index contributed by atoms with van der Waals surface area (Å²) < 4.78 is 7.88. The van der Waals surface area contributed by atoms with Gasteiger partial charge in [-0.3, -0.25) is 9.59 Å². The van der Waals surface area contributed by atoms with E-state index in [0.29, 0.717) is 12.0 Å². The van der Waals surface area contributed by atoms with Crippen LogP contribution >= 0.6 is 0 Å². The van der Waals surface area contributed by atoms with Gasteiger partial charge in [-0.25, -0.2) is 0 Å². The molecule has 0 heterocycles. The van der Waals surface area contributed by atoms with Crippen molar-refractivity contribution in [1.82, 2.24) is 5.31 Å². The van der Waals surface area contributed by atoms with Gasteiger partial charge in [0.25, 0.3) is 0 Å². The van der Waals surface area contributed by atoms with Crippen molar-refractivity contribution in [2.24, 2.45) is 0 Å². The summed E-state index contributed by atoms with van der Waals surface area (Å²) in [6.45, 7) is 1.29. The highest BCUT2D eigenvalue weighted by Gasteiger charge is 2.21. The fourth-order valence-corrected chi connectivity index (χ4v) is 2.05. The normalized spacial score (nSPS) is 12.3. The molecule has 2 aromatic rings. The van der Waals surface area contributed by atoms with Gasteiger partial charge in [0, 0.05) is 18.9 Å². The minimum atomic E-state index is -0.813. The van der Waals surface area contributed by atoms with Crippen LogP contribution in [-0.2, 0) is 11.2 Å². The Hall–Kier alpha value is -2.42. The Morgan fingerprint density at radius 1 is 1.05 bits per heavy atom. The van der Waals surface area contributed by atoms with Crippen LogP contribution in [0.3, 0.4) is 0 Å². The fourth-order valence-electron chi connectivity index (χ4n) is 2.05. The lowest BCUT2D eigenvalue weighted by atomic mass is 9.97. The van der Waals surface area contributed by atoms with Gasteiger partial charge in [-0.05, 0) is 5.56 Å². The predicted molar refractivity (Wildman–Crippen MR) is 78.5 cm³/mol. The van der Waals surface area contributed by atoms with E-state index in [2.05, 4.69) is 0 Å². The molecule has 0 unspecified atom stereocenters. The third-order valence-corrected chi connectivity index (χ3v) is 2.97. The molecule has 1 N–H and O–H groups in total. The van der Waals surface area contributed by atoms with Crippen LogP contribution in [0.25, 0.3) is 0 Å². The monoisotopic (exact) mass is 268 g/mol. The highest BCUT2D eigenvalue weighted by molar-refractivity contribution is 6.01. The molecule has 0 spiro atoms. The molecule has 3 nitrogen and oxygen atoms in total. The molecule has 0 saturated heterocycles. The van der Waals surface area contributed by atoms with E-state index in [1.807, 2.05) is 36.4 Å². The lowest BCUT2D eigenvalue weighted by molar-refractivity contribution is -0.119. The Labute approximate surface area is 120 Å². The van der Waals surface area contributed by atoms with E-state index in [1.54, 1.807) is 24.3 Å². The first-order chi connectivity index (χ1) is 10.1. The first-order valence-corrected chi connectivity index (χ1v) is 6.51. The topological polar surface area (TPSA) is 46.2 Å². The van der Waals surface area contributed by atoms with E-state index in [4.69, 9.17) is 1.41 Å². The molecule has 0 aliphatic rings. The molecule has 0 radical (unpaired) electrons. The third kappa shape index (κ3) is 3.79. The van der Waals surface area contributed by atoms with E-state index < -0.39 is 11.9 Å². The number of ketones is 1. The van der Waals surface area contributed by atoms with Crippen molar-refractivity contribution >= 4 is 11.7 Å². The van der Waals surface area contributed by atoms with Crippen LogP contribution in [0.15, 0.2) is 60.7 Å². The maximum atomic E-state index is 12.6. The van der Waals surface area contributed by atoms with Crippen molar-refractivity contribution in [2.45, 2.75) is 19.4 Å². The van der Waals surface area contributed by atoms with E-state index in [-0.39, 0.29) is 5.78 Å². The highest BCUT2D eigenvalue weighted by atomic mass is 16.2. The molecule has 3 heteroatoms. The molecule has 2 rings (SSSR count). The highest BCUT2D eigenvalue weighted by Crippen LogP contribution is 2.09. The molecule has 0 aromatic heterocycles. The predicted octanol–water partition coefficient (Wildman–Crippen LogP) is 2.62. The smallest absolute Gasteiger partial charge is 0.217 e. The summed E-state index contributed by atoms with van der Waals surface area (Å²) in [4.78, 5) is 24.1. The van der Waals surface area contributed by atoms with Gasteiger partial charge in [0.15, 0.2) is 7.20 Å². The Kier molecular flexibility index (Phi) is 4.20. The standard InChI is InChI=1S/C17H17NO2/c1-13(19)18-16(12-14-8-4-2-5-9-14)17(20)15-10-6-3-7-11-15/h2-11,16H,12H2,1H3,(H,18,19)/t16-/m0/s1/i/hD. The van der Waals surface area contributed by atoms with Crippen molar-refractivity contribution in [2.75, 3.05) is 0 Å². The second kappa shape index (κ2) is 6.66. The van der Waals surface area contributed by atoms with Crippen molar-refractivity contribution in [3.63, 3.8) is 0 Å². The van der Waals surface area contributed by atoms with Crippen molar-refractivity contribution in [3.05, 3.63) is 71.8 Å². The van der Waals surface area contributed by atoms with Crippen molar-refractivity contribution < 1.29 is 11.0 Å². The summed E-state index contributed by atoms with van der Waals surface area (Å²) in [5.74, 6) is -0.662. The zero-order chi connectivity index (χ0) is 15.2. The van der Waals surface area contributed by atoms with Crippen LogP contribution in [0, 0.1) is 0 Å². The summed E-state index contributed by atoms with van der Waals surface area (Å²) >= 11 is 0. The van der Waals surface area contributed by atoms with Gasteiger partial charge in [0.05, 0.1) is 6.04 Å². The fraction of sp³-hybridized carbons (Fsp3) is 0.176. The van der Waals surface area contributed by atoms with E-state index >= 15 is 0 Å². The van der Waals surface area contributed by atoms with Gasteiger partial charge in [-0.15, -0.1) is 0 Å². The zero-order valence-corrected chi connectivity index (χ0v) is 11.3. The molecule has 0 aliphatic heterocycles. The van der Waals surface area contributed by atoms with Gasteiger partial charge in [-0.1, -0.05) is 60.7 Å². The first-order valence-electron chi connectivity index (χ1n) is 6.96. The Balaban J connectivity index is 2.28. The van der Waals surface area contributed by atoms with Crippen LogP contribution in [0.5, 0.6) is 0 Å². The number of hydrogen-bond acceptors (Lipinski definition) is 2. The number of rotatable bonds is 5. The van der Waals surface area contributed by atoms with Gasteiger partial charge in [0.2, 0.25) is 5.91 Å². The Bertz CT molecular complexity index is 613. The first kappa shape index (κ1) is 12.6. The second-order valence-corrected chi connectivity index (χ2v) is 4.58. The largest absolute Gasteiger partial charge is 0.346 e. The summed E-state index contributed by atoms with van der Waals surface area (Å²) in [6, 6.07) is 17.4. The number of hydrogen-bond donors (Lipinski definition) is 1. The molecule has 1 atom stereocenters. The number of carbonyl (C=O) groups excluding carboxylic acids is 2. The molecule has 0 fully saturated rings. The Morgan fingerprint density at radius 2 is 1.60 bits per heavy atom. The van der Waals surface area contributed by atoms with Crippen LogP contribution in [0.4, 0.5) is 0 Å². The molecule has 0 saturated carbocycles. The molecule has 102 valence electrons. The van der Waals surface area contributed by atoms with E-state index in [0.717, 1.165) is 10.9 Å². The maximum Gasteiger partial charge on any atom is 0.217 e. The average molecular weight is 268 g/mol. The lowest BCUT2D eigenvalue weighted by Gasteiger charge is -2.17. The van der Waals surface area contributed by atoms with E-state index in [1.165, 1.54) is 6.92 Å². The van der Waals surface area contributed by atoms with Crippen LogP contribution in [-0.4, -0.2) is 17.7 Å². The Morgan fingerprint density at radius 3 is 2.15 bits per heavy atom. The van der Waals surface area contributed by atoms with E-state index in [9.17, 15) is 9.59 Å². The van der Waals surface area contributed by atoms with Crippen LogP contribution in [0.1, 0.15) is 22.8 Å². The minimum Gasteiger partial charge on any atom is -0.346 e. The zero-order valence-electron chi connectivity index (χ0n) is 12.3. The lowest BCUT2D eigenvalue weighted by Crippen LogP contribution is -2.41. The molecular weight excluding hydrogens is 250 g/mol. The molecule has 0 bridgehead atoms. The minimum absolute atomic E-state index is 0.218. The quantitative estimate of drug-likeness (QED) is 0.847. The number of nitrogens with one attached hydrogen (secondary N) is 1. The molecule has 20 heavy (non-hydrogen) atoms. The van der Waals surface area contributed by atoms with Crippen molar-refractivity contribution in [1.29, 1.82) is 0 Å². The SMILES string of the molecule is [2H]N(C(C)=O)[C@@H](Cc1ccccc1)C(=O)c1ccccc1. The molecular formula is C17H17NO2. The number of carbonyl (C=O) groups is 2. The molecule has 1 amide bonds. The average Bonchev–Trinajstić information content (AvgIpc) is 2.53. The molecule has 0 aliphatic carbocycles. The van der Waals surface area contributed by atoms with Gasteiger partial charge < -0.3 is 5.31 Å². The number of amides is 1. The summed E-state index contributed by atoms with van der Waals surface area (Å²) in [5, 5.41) is 0.766. The summed E-state index contributed by atoms with van der Waals surface area (Å²) in [6.07, 6.45) is 0.331. The third-order valence-electron chi connectivity index (χ3n) is 2.97. The second-order valence-electron chi connectivity index (χ2n) is 4.58. The van der Waals surface area contributed by atoms with Crippen LogP contribution < -0.4 is 5.31 Å². The maximum absolute atomic E-state index is 12.6. The van der Waals surface area contributed by atoms with Gasteiger partial charge in [-0.2, -0.15) is 0 Å². The number of Topliss-reactive ketones (excluding diaryl/α,β-unsaturated/α-hetero) is 1. The van der Waals surface area contributed by atoms with Crippen molar-refractivity contribution in [3.8, 4) is 0 Å². The van der Waals surface area contributed by atoms with Gasteiger partial charge in [0.1, 0.15) is 0 Å².